The molecule has 0 saturated heterocycles. The van der Waals surface area contributed by atoms with Crippen LogP contribution < -0.4 is 5.73 Å². The zero-order valence-electron chi connectivity index (χ0n) is 11.8. The molecule has 0 spiro atoms. The number of nitrogens with two attached hydrogens (primary N) is 1. The topological polar surface area (TPSA) is 73.8 Å². The lowest BCUT2D eigenvalue weighted by Gasteiger charge is -2.16. The van der Waals surface area contributed by atoms with Gasteiger partial charge in [0.05, 0.1) is 6.42 Å². The fraction of sp³-hybridized carbons (Fsp3) is 0.769. The standard InChI is InChI=1S/C13H24N4O/c1-9(2)5-11(7-14)12(18)6-13-15-8-16-17(13)10(3)4/h8-11H,5-7,14H2,1-4H3. The quantitative estimate of drug-likeness (QED) is 0.799. The molecule has 1 atom stereocenters. The first-order chi connectivity index (χ1) is 8.45. The minimum Gasteiger partial charge on any atom is -0.330 e. The molecule has 1 aromatic heterocycles. The van der Waals surface area contributed by atoms with E-state index >= 15 is 0 Å². The molecule has 1 heterocycles. The third kappa shape index (κ3) is 3.91. The molecule has 0 fully saturated rings. The first kappa shape index (κ1) is 14.8. The number of ketones is 1. The molecule has 102 valence electrons. The summed E-state index contributed by atoms with van der Waals surface area (Å²) >= 11 is 0. The summed E-state index contributed by atoms with van der Waals surface area (Å²) < 4.78 is 1.79. The summed E-state index contributed by atoms with van der Waals surface area (Å²) in [5.74, 6) is 1.31. The maximum Gasteiger partial charge on any atom is 0.144 e. The Morgan fingerprint density at radius 1 is 1.39 bits per heavy atom. The van der Waals surface area contributed by atoms with Gasteiger partial charge in [-0.2, -0.15) is 5.10 Å². The predicted molar refractivity (Wildman–Crippen MR) is 71.1 cm³/mol. The molecule has 0 radical (unpaired) electrons. The van der Waals surface area contributed by atoms with Gasteiger partial charge in [0.15, 0.2) is 0 Å². The highest BCUT2D eigenvalue weighted by atomic mass is 16.1. The van der Waals surface area contributed by atoms with Crippen molar-refractivity contribution in [1.82, 2.24) is 14.8 Å². The van der Waals surface area contributed by atoms with Crippen LogP contribution in [0.25, 0.3) is 0 Å². The van der Waals surface area contributed by atoms with Crippen LogP contribution in [0, 0.1) is 11.8 Å². The molecule has 18 heavy (non-hydrogen) atoms. The van der Waals surface area contributed by atoms with Gasteiger partial charge in [-0.1, -0.05) is 13.8 Å². The number of hydrogen-bond donors (Lipinski definition) is 1. The van der Waals surface area contributed by atoms with Gasteiger partial charge in [-0.05, 0) is 26.2 Å². The van der Waals surface area contributed by atoms with E-state index in [2.05, 4.69) is 23.9 Å². The molecule has 1 aromatic rings. The molecule has 0 amide bonds. The van der Waals surface area contributed by atoms with Gasteiger partial charge < -0.3 is 5.73 Å². The van der Waals surface area contributed by atoms with Crippen LogP contribution in [0.4, 0.5) is 0 Å². The van der Waals surface area contributed by atoms with Crippen LogP contribution in [0.3, 0.4) is 0 Å². The van der Waals surface area contributed by atoms with Crippen LogP contribution in [0.2, 0.25) is 0 Å². The lowest BCUT2D eigenvalue weighted by Crippen LogP contribution is -2.27. The summed E-state index contributed by atoms with van der Waals surface area (Å²) in [5.41, 5.74) is 5.69. The Hall–Kier alpha value is -1.23. The van der Waals surface area contributed by atoms with Crippen molar-refractivity contribution in [2.45, 2.75) is 46.6 Å². The lowest BCUT2D eigenvalue weighted by molar-refractivity contribution is -0.122. The third-order valence-electron chi connectivity index (χ3n) is 2.96. The van der Waals surface area contributed by atoms with E-state index in [1.54, 1.807) is 4.68 Å². The Morgan fingerprint density at radius 2 is 2.06 bits per heavy atom. The van der Waals surface area contributed by atoms with Crippen molar-refractivity contribution in [3.05, 3.63) is 12.2 Å². The van der Waals surface area contributed by atoms with Crippen molar-refractivity contribution in [1.29, 1.82) is 0 Å². The van der Waals surface area contributed by atoms with Gasteiger partial charge in [0.25, 0.3) is 0 Å². The van der Waals surface area contributed by atoms with E-state index in [-0.39, 0.29) is 17.7 Å². The normalized spacial score (nSPS) is 13.3. The molecular formula is C13H24N4O. The van der Waals surface area contributed by atoms with Crippen molar-refractivity contribution in [3.8, 4) is 0 Å². The van der Waals surface area contributed by atoms with Crippen LogP contribution in [-0.4, -0.2) is 27.1 Å². The van der Waals surface area contributed by atoms with Crippen molar-refractivity contribution in [2.24, 2.45) is 17.6 Å². The average molecular weight is 252 g/mol. The highest BCUT2D eigenvalue weighted by molar-refractivity contribution is 5.82. The summed E-state index contributed by atoms with van der Waals surface area (Å²) in [6.45, 7) is 8.67. The molecule has 0 aliphatic carbocycles. The van der Waals surface area contributed by atoms with Crippen molar-refractivity contribution >= 4 is 5.78 Å². The molecule has 1 unspecified atom stereocenters. The van der Waals surface area contributed by atoms with E-state index in [0.29, 0.717) is 18.9 Å². The molecule has 2 N–H and O–H groups in total. The number of carbonyl (C=O) groups excluding carboxylic acids is 1. The first-order valence-electron chi connectivity index (χ1n) is 6.56. The van der Waals surface area contributed by atoms with Crippen LogP contribution in [0.5, 0.6) is 0 Å². The Kier molecular flexibility index (Phi) is 5.47. The number of carbonyl (C=O) groups is 1. The molecular weight excluding hydrogens is 228 g/mol. The van der Waals surface area contributed by atoms with Gasteiger partial charge in [0.1, 0.15) is 17.9 Å². The Bertz CT molecular complexity index is 384. The van der Waals surface area contributed by atoms with Gasteiger partial charge in [-0.3, -0.25) is 4.79 Å². The fourth-order valence-electron chi connectivity index (χ4n) is 2.06. The summed E-state index contributed by atoms with van der Waals surface area (Å²) in [7, 11) is 0. The molecule has 0 bridgehead atoms. The number of Topliss-reactive ketones (excluding diaryl/α,β-unsaturated/α-hetero) is 1. The average Bonchev–Trinajstić information content (AvgIpc) is 2.73. The predicted octanol–water partition coefficient (Wildman–Crippen LogP) is 1.59. The second kappa shape index (κ2) is 6.64. The first-order valence-corrected chi connectivity index (χ1v) is 6.56. The Labute approximate surface area is 109 Å². The molecule has 0 aliphatic heterocycles. The van der Waals surface area contributed by atoms with E-state index in [1.165, 1.54) is 6.33 Å². The van der Waals surface area contributed by atoms with Crippen molar-refractivity contribution < 1.29 is 4.79 Å². The molecule has 5 heteroatoms. The third-order valence-corrected chi connectivity index (χ3v) is 2.96. The highest BCUT2D eigenvalue weighted by Crippen LogP contribution is 2.14. The lowest BCUT2D eigenvalue weighted by atomic mass is 9.92. The van der Waals surface area contributed by atoms with E-state index in [4.69, 9.17) is 5.73 Å². The molecule has 1 rings (SSSR count). The van der Waals surface area contributed by atoms with Crippen LogP contribution in [-0.2, 0) is 11.2 Å². The summed E-state index contributed by atoms with van der Waals surface area (Å²) in [6, 6.07) is 0.219. The highest BCUT2D eigenvalue weighted by Gasteiger charge is 2.21. The second-order valence-electron chi connectivity index (χ2n) is 5.42. The summed E-state index contributed by atoms with van der Waals surface area (Å²) in [5, 5.41) is 4.14. The van der Waals surface area contributed by atoms with E-state index < -0.39 is 0 Å². The smallest absolute Gasteiger partial charge is 0.144 e. The van der Waals surface area contributed by atoms with Crippen molar-refractivity contribution in [2.75, 3.05) is 6.54 Å². The molecule has 0 saturated carbocycles. The zero-order chi connectivity index (χ0) is 13.7. The van der Waals surface area contributed by atoms with E-state index in [9.17, 15) is 4.79 Å². The number of nitrogens with zero attached hydrogens (tertiary/aromatic N) is 3. The second-order valence-corrected chi connectivity index (χ2v) is 5.42. The minimum absolute atomic E-state index is 0.0673. The maximum atomic E-state index is 12.2. The SMILES string of the molecule is CC(C)CC(CN)C(=O)Cc1ncnn1C(C)C. The van der Waals surface area contributed by atoms with Gasteiger partial charge in [0.2, 0.25) is 0 Å². The number of hydrogen-bond acceptors (Lipinski definition) is 4. The molecule has 5 nitrogen and oxygen atoms in total. The van der Waals surface area contributed by atoms with Crippen LogP contribution in [0.1, 0.15) is 46.0 Å². The van der Waals surface area contributed by atoms with Gasteiger partial charge in [-0.25, -0.2) is 9.67 Å². The van der Waals surface area contributed by atoms with Gasteiger partial charge in [0, 0.05) is 18.5 Å². The number of rotatable bonds is 7. The molecule has 0 aliphatic rings. The fourth-order valence-corrected chi connectivity index (χ4v) is 2.06. The Balaban J connectivity index is 2.70. The van der Waals surface area contributed by atoms with Gasteiger partial charge >= 0.3 is 0 Å². The van der Waals surface area contributed by atoms with Crippen molar-refractivity contribution in [3.63, 3.8) is 0 Å². The van der Waals surface area contributed by atoms with Gasteiger partial charge in [-0.15, -0.1) is 0 Å². The Morgan fingerprint density at radius 3 is 2.56 bits per heavy atom. The van der Waals surface area contributed by atoms with E-state index in [0.717, 1.165) is 12.2 Å². The van der Waals surface area contributed by atoms with Crippen LogP contribution >= 0.6 is 0 Å². The summed E-state index contributed by atoms with van der Waals surface area (Å²) in [6.07, 6.45) is 2.67. The minimum atomic E-state index is -0.0673. The van der Waals surface area contributed by atoms with Crippen LogP contribution in [0.15, 0.2) is 6.33 Å². The summed E-state index contributed by atoms with van der Waals surface area (Å²) in [4.78, 5) is 16.4. The number of aromatic nitrogens is 3. The zero-order valence-corrected chi connectivity index (χ0v) is 11.8. The largest absolute Gasteiger partial charge is 0.330 e. The molecule has 0 aromatic carbocycles. The van der Waals surface area contributed by atoms with E-state index in [1.807, 2.05) is 13.8 Å². The maximum absolute atomic E-state index is 12.2. The monoisotopic (exact) mass is 252 g/mol.